The Morgan fingerprint density at radius 3 is 2.95 bits per heavy atom. The lowest BCUT2D eigenvalue weighted by molar-refractivity contribution is 0.103. The summed E-state index contributed by atoms with van der Waals surface area (Å²) in [4.78, 5) is 19.7. The van der Waals surface area contributed by atoms with Crippen LogP contribution in [0, 0.1) is 6.92 Å². The average molecular weight is 252 g/mol. The predicted molar refractivity (Wildman–Crippen MR) is 72.4 cm³/mol. The normalized spacial score (nSPS) is 10.8. The first-order valence-corrected chi connectivity index (χ1v) is 5.93. The number of H-pyrrole nitrogens is 1. The number of aryl methyl sites for hydroxylation is 1. The molecule has 3 rings (SSSR count). The molecule has 0 radical (unpaired) electrons. The van der Waals surface area contributed by atoms with Crippen molar-refractivity contribution in [2.24, 2.45) is 0 Å². The lowest BCUT2D eigenvalue weighted by Crippen LogP contribution is -2.02. The number of nitrogens with zero attached hydrogens (tertiary/aromatic N) is 1. The molecule has 19 heavy (non-hydrogen) atoms. The Labute approximate surface area is 109 Å². The molecule has 0 fully saturated rings. The molecule has 2 aromatic heterocycles. The summed E-state index contributed by atoms with van der Waals surface area (Å²) >= 11 is 0. The van der Waals surface area contributed by atoms with Gasteiger partial charge in [-0.3, -0.25) is 4.79 Å². The van der Waals surface area contributed by atoms with E-state index in [1.807, 2.05) is 13.0 Å². The van der Waals surface area contributed by atoms with Gasteiger partial charge in [0, 0.05) is 28.9 Å². The number of carbonyl (C=O) groups is 1. The van der Waals surface area contributed by atoms with Crippen molar-refractivity contribution in [3.63, 3.8) is 0 Å². The molecule has 2 heterocycles. The Kier molecular flexibility index (Phi) is 2.56. The molecule has 4 heteroatoms. The van der Waals surface area contributed by atoms with Crippen LogP contribution in [0.4, 0.5) is 0 Å². The van der Waals surface area contributed by atoms with Gasteiger partial charge < -0.3 is 10.1 Å². The van der Waals surface area contributed by atoms with Crippen LogP contribution in [0.25, 0.3) is 11.0 Å². The van der Waals surface area contributed by atoms with Crippen molar-refractivity contribution in [2.45, 2.75) is 6.92 Å². The van der Waals surface area contributed by atoms with E-state index in [1.54, 1.807) is 30.6 Å². The molecular formula is C15H12N2O2. The van der Waals surface area contributed by atoms with Gasteiger partial charge >= 0.3 is 0 Å². The molecule has 3 aromatic rings. The number of carbonyl (C=O) groups excluding carboxylic acids is 1. The van der Waals surface area contributed by atoms with Gasteiger partial charge in [0.05, 0.1) is 0 Å². The number of nitrogens with one attached hydrogen (secondary N) is 1. The molecule has 0 unspecified atom stereocenters. The zero-order chi connectivity index (χ0) is 13.4. The molecule has 0 aliphatic heterocycles. The van der Waals surface area contributed by atoms with Gasteiger partial charge in [-0.25, -0.2) is 4.98 Å². The summed E-state index contributed by atoms with van der Waals surface area (Å²) in [5.74, 6) is -0.0282. The van der Waals surface area contributed by atoms with Gasteiger partial charge in [0.2, 0.25) is 0 Å². The van der Waals surface area contributed by atoms with Crippen molar-refractivity contribution in [1.29, 1.82) is 0 Å². The van der Waals surface area contributed by atoms with Gasteiger partial charge in [0.15, 0.2) is 5.78 Å². The van der Waals surface area contributed by atoms with E-state index >= 15 is 0 Å². The molecule has 0 amide bonds. The predicted octanol–water partition coefficient (Wildman–Crippen LogP) is 2.81. The molecule has 0 aliphatic carbocycles. The zero-order valence-corrected chi connectivity index (χ0v) is 10.3. The summed E-state index contributed by atoms with van der Waals surface area (Å²) in [6.45, 7) is 1.85. The molecule has 2 N–H and O–H groups in total. The summed E-state index contributed by atoms with van der Waals surface area (Å²) in [5.41, 5.74) is 2.59. The minimum absolute atomic E-state index is 0.0897. The highest BCUT2D eigenvalue weighted by Crippen LogP contribution is 2.23. The van der Waals surface area contributed by atoms with Crippen molar-refractivity contribution in [2.75, 3.05) is 0 Å². The second kappa shape index (κ2) is 4.24. The molecule has 0 saturated carbocycles. The highest BCUT2D eigenvalue weighted by Gasteiger charge is 2.16. The zero-order valence-electron chi connectivity index (χ0n) is 10.3. The van der Waals surface area contributed by atoms with Crippen LogP contribution < -0.4 is 0 Å². The number of aromatic amines is 1. The van der Waals surface area contributed by atoms with E-state index in [-0.39, 0.29) is 11.5 Å². The standard InChI is InChI=1S/C15H12N2O2/c1-9-4-5-10(18)7-12(9)14(19)13-8-17-15-11(13)3-2-6-16-15/h2-8,18H,1H3,(H,16,17). The maximum absolute atomic E-state index is 12.5. The third-order valence-electron chi connectivity index (χ3n) is 3.16. The lowest BCUT2D eigenvalue weighted by atomic mass is 9.99. The fourth-order valence-electron chi connectivity index (χ4n) is 2.14. The summed E-state index contributed by atoms with van der Waals surface area (Å²) in [5, 5.41) is 10.3. The first-order chi connectivity index (χ1) is 9.16. The van der Waals surface area contributed by atoms with Crippen LogP contribution in [0.1, 0.15) is 21.5 Å². The number of benzene rings is 1. The van der Waals surface area contributed by atoms with Crippen LogP contribution in [-0.4, -0.2) is 20.9 Å². The van der Waals surface area contributed by atoms with Crippen LogP contribution in [0.2, 0.25) is 0 Å². The monoisotopic (exact) mass is 252 g/mol. The van der Waals surface area contributed by atoms with E-state index in [9.17, 15) is 9.90 Å². The summed E-state index contributed by atoms with van der Waals surface area (Å²) in [6, 6.07) is 8.44. The number of rotatable bonds is 2. The van der Waals surface area contributed by atoms with E-state index in [2.05, 4.69) is 9.97 Å². The number of aromatic nitrogens is 2. The van der Waals surface area contributed by atoms with Crippen LogP contribution in [0.5, 0.6) is 5.75 Å². The molecule has 0 bridgehead atoms. The topological polar surface area (TPSA) is 66.0 Å². The van der Waals surface area contributed by atoms with Gasteiger partial charge in [-0.15, -0.1) is 0 Å². The van der Waals surface area contributed by atoms with Crippen LogP contribution >= 0.6 is 0 Å². The number of phenols is 1. The van der Waals surface area contributed by atoms with Crippen LogP contribution in [-0.2, 0) is 0 Å². The second-order valence-corrected chi connectivity index (χ2v) is 4.43. The average Bonchev–Trinajstić information content (AvgIpc) is 2.84. The quantitative estimate of drug-likeness (QED) is 0.689. The Hall–Kier alpha value is -2.62. The molecule has 94 valence electrons. The molecule has 4 nitrogen and oxygen atoms in total. The van der Waals surface area contributed by atoms with Gasteiger partial charge in [-0.2, -0.15) is 0 Å². The first-order valence-electron chi connectivity index (χ1n) is 5.93. The summed E-state index contributed by atoms with van der Waals surface area (Å²) in [6.07, 6.45) is 3.33. The van der Waals surface area contributed by atoms with Crippen molar-refractivity contribution < 1.29 is 9.90 Å². The Morgan fingerprint density at radius 2 is 2.11 bits per heavy atom. The molecule has 0 atom stereocenters. The SMILES string of the molecule is Cc1ccc(O)cc1C(=O)c1c[nH]c2ncccc12. The van der Waals surface area contributed by atoms with E-state index in [1.165, 1.54) is 6.07 Å². The number of phenolic OH excluding ortho intramolecular Hbond substituents is 1. The number of ketones is 1. The minimum Gasteiger partial charge on any atom is -0.508 e. The fourth-order valence-corrected chi connectivity index (χ4v) is 2.14. The Bertz CT molecular complexity index is 775. The fraction of sp³-hybridized carbons (Fsp3) is 0.0667. The number of hydrogen-bond donors (Lipinski definition) is 2. The number of pyridine rings is 1. The molecule has 0 saturated heterocycles. The van der Waals surface area contributed by atoms with Crippen molar-refractivity contribution >= 4 is 16.8 Å². The van der Waals surface area contributed by atoms with Crippen molar-refractivity contribution in [1.82, 2.24) is 9.97 Å². The van der Waals surface area contributed by atoms with Gasteiger partial charge in [-0.1, -0.05) is 6.07 Å². The minimum atomic E-state index is -0.118. The molecule has 0 spiro atoms. The second-order valence-electron chi connectivity index (χ2n) is 4.43. The third-order valence-corrected chi connectivity index (χ3v) is 3.16. The lowest BCUT2D eigenvalue weighted by Gasteiger charge is -2.04. The number of hydrogen-bond acceptors (Lipinski definition) is 3. The third kappa shape index (κ3) is 1.87. The van der Waals surface area contributed by atoms with E-state index in [0.717, 1.165) is 10.9 Å². The van der Waals surface area contributed by atoms with Gasteiger partial charge in [0.1, 0.15) is 11.4 Å². The van der Waals surface area contributed by atoms with E-state index in [4.69, 9.17) is 0 Å². The maximum Gasteiger partial charge on any atom is 0.195 e. The van der Waals surface area contributed by atoms with E-state index in [0.29, 0.717) is 16.8 Å². The maximum atomic E-state index is 12.5. The Morgan fingerprint density at radius 1 is 1.26 bits per heavy atom. The van der Waals surface area contributed by atoms with Gasteiger partial charge in [0.25, 0.3) is 0 Å². The first kappa shape index (κ1) is 11.5. The summed E-state index contributed by atoms with van der Waals surface area (Å²) in [7, 11) is 0. The molecule has 0 aliphatic rings. The van der Waals surface area contributed by atoms with Gasteiger partial charge in [-0.05, 0) is 36.8 Å². The highest BCUT2D eigenvalue weighted by molar-refractivity contribution is 6.16. The van der Waals surface area contributed by atoms with Crippen molar-refractivity contribution in [3.05, 3.63) is 59.4 Å². The van der Waals surface area contributed by atoms with Crippen LogP contribution in [0.3, 0.4) is 0 Å². The van der Waals surface area contributed by atoms with Crippen molar-refractivity contribution in [3.8, 4) is 5.75 Å². The Balaban J connectivity index is 2.16. The smallest absolute Gasteiger partial charge is 0.195 e. The molecule has 1 aromatic carbocycles. The van der Waals surface area contributed by atoms with E-state index < -0.39 is 0 Å². The number of aromatic hydroxyl groups is 1. The highest BCUT2D eigenvalue weighted by atomic mass is 16.3. The summed E-state index contributed by atoms with van der Waals surface area (Å²) < 4.78 is 0. The number of fused-ring (bicyclic) bond motifs is 1. The van der Waals surface area contributed by atoms with Crippen LogP contribution in [0.15, 0.2) is 42.7 Å². The largest absolute Gasteiger partial charge is 0.508 e. The molecular weight excluding hydrogens is 240 g/mol.